The van der Waals surface area contributed by atoms with Gasteiger partial charge >= 0.3 is 0 Å². The SMILES string of the molecule is O=C(Cc1ccc2c(c1)OCO2)N1CC[C@](O)(c2ccccc2)[C@H](N2CCCC2)C1. The first-order valence-corrected chi connectivity index (χ1v) is 10.8. The number of benzene rings is 2. The fraction of sp³-hybridized carbons (Fsp3) is 0.458. The van der Waals surface area contributed by atoms with Crippen molar-refractivity contribution in [2.24, 2.45) is 0 Å². The summed E-state index contributed by atoms with van der Waals surface area (Å²) in [6, 6.07) is 15.5. The fourth-order valence-electron chi connectivity index (χ4n) is 5.02. The Labute approximate surface area is 177 Å². The van der Waals surface area contributed by atoms with Gasteiger partial charge in [0.25, 0.3) is 0 Å². The molecule has 3 aliphatic rings. The van der Waals surface area contributed by atoms with Crippen molar-refractivity contribution in [1.82, 2.24) is 9.80 Å². The second kappa shape index (κ2) is 7.93. The largest absolute Gasteiger partial charge is 0.454 e. The second-order valence-corrected chi connectivity index (χ2v) is 8.50. The van der Waals surface area contributed by atoms with E-state index >= 15 is 0 Å². The van der Waals surface area contributed by atoms with Crippen LogP contribution in [-0.4, -0.2) is 59.8 Å². The van der Waals surface area contributed by atoms with Crippen molar-refractivity contribution < 1.29 is 19.4 Å². The maximum Gasteiger partial charge on any atom is 0.231 e. The van der Waals surface area contributed by atoms with Crippen molar-refractivity contribution in [3.8, 4) is 11.5 Å². The molecule has 0 aliphatic carbocycles. The number of amides is 1. The summed E-state index contributed by atoms with van der Waals surface area (Å²) in [6.07, 6.45) is 3.16. The van der Waals surface area contributed by atoms with Crippen LogP contribution >= 0.6 is 0 Å². The van der Waals surface area contributed by atoms with Crippen LogP contribution in [0.1, 0.15) is 30.4 Å². The van der Waals surface area contributed by atoms with Crippen LogP contribution in [0.5, 0.6) is 11.5 Å². The molecule has 30 heavy (non-hydrogen) atoms. The van der Waals surface area contributed by atoms with Crippen LogP contribution in [0.4, 0.5) is 0 Å². The highest BCUT2D eigenvalue weighted by atomic mass is 16.7. The van der Waals surface area contributed by atoms with Gasteiger partial charge in [0.2, 0.25) is 12.7 Å². The number of fused-ring (bicyclic) bond motifs is 1. The zero-order chi connectivity index (χ0) is 20.6. The van der Waals surface area contributed by atoms with E-state index < -0.39 is 5.60 Å². The molecule has 1 N–H and O–H groups in total. The third-order valence-corrected chi connectivity index (χ3v) is 6.71. The predicted octanol–water partition coefficient (Wildman–Crippen LogP) is 2.54. The van der Waals surface area contributed by atoms with Crippen LogP contribution in [0.2, 0.25) is 0 Å². The summed E-state index contributed by atoms with van der Waals surface area (Å²) in [6.45, 7) is 3.29. The van der Waals surface area contributed by atoms with Crippen LogP contribution in [0.3, 0.4) is 0 Å². The van der Waals surface area contributed by atoms with Crippen LogP contribution in [-0.2, 0) is 16.8 Å². The van der Waals surface area contributed by atoms with E-state index in [9.17, 15) is 9.90 Å². The van der Waals surface area contributed by atoms with E-state index in [2.05, 4.69) is 4.90 Å². The van der Waals surface area contributed by atoms with E-state index in [-0.39, 0.29) is 18.7 Å². The summed E-state index contributed by atoms with van der Waals surface area (Å²) in [5, 5.41) is 11.7. The number of aliphatic hydroxyl groups is 1. The lowest BCUT2D eigenvalue weighted by molar-refractivity contribution is -0.142. The summed E-state index contributed by atoms with van der Waals surface area (Å²) in [4.78, 5) is 17.4. The Morgan fingerprint density at radius 1 is 1.03 bits per heavy atom. The number of hydrogen-bond acceptors (Lipinski definition) is 5. The topological polar surface area (TPSA) is 62.2 Å². The molecule has 0 radical (unpaired) electrons. The van der Waals surface area contributed by atoms with Crippen LogP contribution in [0.25, 0.3) is 0 Å². The molecule has 5 rings (SSSR count). The number of carbonyl (C=O) groups is 1. The van der Waals surface area contributed by atoms with Gasteiger partial charge in [-0.1, -0.05) is 36.4 Å². The molecule has 0 spiro atoms. The van der Waals surface area contributed by atoms with Gasteiger partial charge in [-0.15, -0.1) is 0 Å². The van der Waals surface area contributed by atoms with Gasteiger partial charge in [-0.25, -0.2) is 0 Å². The number of ether oxygens (including phenoxy) is 2. The van der Waals surface area contributed by atoms with Crippen molar-refractivity contribution >= 4 is 5.91 Å². The number of nitrogens with zero attached hydrogens (tertiary/aromatic N) is 2. The lowest BCUT2D eigenvalue weighted by Crippen LogP contribution is -2.61. The molecule has 2 fully saturated rings. The lowest BCUT2D eigenvalue weighted by atomic mass is 9.79. The minimum Gasteiger partial charge on any atom is -0.454 e. The highest BCUT2D eigenvalue weighted by Gasteiger charge is 2.47. The molecule has 158 valence electrons. The fourth-order valence-corrected chi connectivity index (χ4v) is 5.02. The van der Waals surface area contributed by atoms with Gasteiger partial charge in [-0.05, 0) is 55.6 Å². The van der Waals surface area contributed by atoms with Gasteiger partial charge in [-0.3, -0.25) is 9.69 Å². The van der Waals surface area contributed by atoms with Crippen molar-refractivity contribution in [2.75, 3.05) is 33.0 Å². The number of rotatable bonds is 4. The van der Waals surface area contributed by atoms with E-state index in [0.717, 1.165) is 42.8 Å². The Bertz CT molecular complexity index is 913. The van der Waals surface area contributed by atoms with E-state index in [1.165, 1.54) is 0 Å². The van der Waals surface area contributed by atoms with Crippen molar-refractivity contribution in [3.63, 3.8) is 0 Å². The highest BCUT2D eigenvalue weighted by Crippen LogP contribution is 2.38. The number of likely N-dealkylation sites (tertiary alicyclic amines) is 2. The zero-order valence-corrected chi connectivity index (χ0v) is 17.1. The molecule has 0 bridgehead atoms. The van der Waals surface area contributed by atoms with Crippen molar-refractivity contribution in [2.45, 2.75) is 37.3 Å². The van der Waals surface area contributed by atoms with Crippen LogP contribution in [0.15, 0.2) is 48.5 Å². The zero-order valence-electron chi connectivity index (χ0n) is 17.1. The standard InChI is InChI=1S/C24H28N2O4/c27-23(15-18-8-9-20-21(14-18)30-17-29-20)26-13-10-24(28,19-6-2-1-3-7-19)22(16-26)25-11-4-5-12-25/h1-3,6-9,14,22,28H,4-5,10-13,15-17H2/t22-,24+/m1/s1. The molecule has 0 aromatic heterocycles. The molecule has 3 heterocycles. The quantitative estimate of drug-likeness (QED) is 0.843. The molecular weight excluding hydrogens is 380 g/mol. The van der Waals surface area contributed by atoms with Gasteiger partial charge in [0.1, 0.15) is 5.60 Å². The molecule has 0 saturated carbocycles. The van der Waals surface area contributed by atoms with Crippen molar-refractivity contribution in [1.29, 1.82) is 0 Å². The van der Waals surface area contributed by atoms with E-state index in [1.807, 2.05) is 53.4 Å². The molecule has 1 amide bonds. The van der Waals surface area contributed by atoms with Gasteiger partial charge in [-0.2, -0.15) is 0 Å². The number of hydrogen-bond donors (Lipinski definition) is 1. The molecule has 6 heteroatoms. The normalized spacial score (nSPS) is 26.2. The Kier molecular flexibility index (Phi) is 5.13. The summed E-state index contributed by atoms with van der Waals surface area (Å²) in [5.74, 6) is 1.52. The van der Waals surface area contributed by atoms with E-state index in [0.29, 0.717) is 31.7 Å². The number of piperidine rings is 1. The molecule has 0 unspecified atom stereocenters. The van der Waals surface area contributed by atoms with E-state index in [4.69, 9.17) is 9.47 Å². The molecule has 2 aromatic carbocycles. The molecule has 2 atom stereocenters. The average molecular weight is 408 g/mol. The van der Waals surface area contributed by atoms with Gasteiger partial charge in [0.05, 0.1) is 12.5 Å². The van der Waals surface area contributed by atoms with Gasteiger partial charge in [0.15, 0.2) is 11.5 Å². The van der Waals surface area contributed by atoms with Crippen LogP contribution < -0.4 is 9.47 Å². The first kappa shape index (κ1) is 19.4. The average Bonchev–Trinajstić information content (AvgIpc) is 3.46. The smallest absolute Gasteiger partial charge is 0.231 e. The molecule has 2 saturated heterocycles. The summed E-state index contributed by atoms with van der Waals surface area (Å²) >= 11 is 0. The summed E-state index contributed by atoms with van der Waals surface area (Å²) < 4.78 is 10.8. The highest BCUT2D eigenvalue weighted by molar-refractivity contribution is 5.79. The molecule has 2 aromatic rings. The summed E-state index contributed by atoms with van der Waals surface area (Å²) in [5.41, 5.74) is 0.942. The molecular formula is C24H28N2O4. The summed E-state index contributed by atoms with van der Waals surface area (Å²) in [7, 11) is 0. The Morgan fingerprint density at radius 2 is 1.80 bits per heavy atom. The Morgan fingerprint density at radius 3 is 2.60 bits per heavy atom. The first-order valence-electron chi connectivity index (χ1n) is 10.8. The number of carbonyl (C=O) groups excluding carboxylic acids is 1. The van der Waals surface area contributed by atoms with Gasteiger partial charge < -0.3 is 19.5 Å². The van der Waals surface area contributed by atoms with Crippen LogP contribution in [0, 0.1) is 0 Å². The third kappa shape index (κ3) is 3.55. The Balaban J connectivity index is 1.34. The maximum absolute atomic E-state index is 13.1. The lowest BCUT2D eigenvalue weighted by Gasteiger charge is -2.48. The third-order valence-electron chi connectivity index (χ3n) is 6.71. The predicted molar refractivity (Wildman–Crippen MR) is 112 cm³/mol. The molecule has 6 nitrogen and oxygen atoms in total. The minimum atomic E-state index is -0.929. The maximum atomic E-state index is 13.1. The van der Waals surface area contributed by atoms with Crippen molar-refractivity contribution in [3.05, 3.63) is 59.7 Å². The monoisotopic (exact) mass is 408 g/mol. The van der Waals surface area contributed by atoms with Gasteiger partial charge in [0, 0.05) is 13.1 Å². The minimum absolute atomic E-state index is 0.0862. The first-order chi connectivity index (χ1) is 14.6. The Hall–Kier alpha value is -2.57. The van der Waals surface area contributed by atoms with E-state index in [1.54, 1.807) is 0 Å². The second-order valence-electron chi connectivity index (χ2n) is 8.50. The molecule has 3 aliphatic heterocycles.